The number of hydrazone groups is 1. The van der Waals surface area contributed by atoms with Crippen molar-refractivity contribution in [1.82, 2.24) is 19.9 Å². The number of carboxylic acids is 1. The van der Waals surface area contributed by atoms with Gasteiger partial charge in [-0.05, 0) is 62.7 Å². The van der Waals surface area contributed by atoms with Crippen molar-refractivity contribution >= 4 is 23.8 Å². The first-order valence-electron chi connectivity index (χ1n) is 12.8. The quantitative estimate of drug-likeness (QED) is 0.215. The van der Waals surface area contributed by atoms with E-state index in [4.69, 9.17) is 16.6 Å². The lowest BCUT2D eigenvalue weighted by molar-refractivity contribution is -0.143. The van der Waals surface area contributed by atoms with Gasteiger partial charge < -0.3 is 16.7 Å². The van der Waals surface area contributed by atoms with Gasteiger partial charge in [0, 0.05) is 5.56 Å². The van der Waals surface area contributed by atoms with Crippen molar-refractivity contribution in [2.75, 3.05) is 18.8 Å². The lowest BCUT2D eigenvalue weighted by Crippen LogP contribution is -2.38. The third-order valence-corrected chi connectivity index (χ3v) is 6.78. The number of hydrogen-bond donors (Lipinski definition) is 3. The van der Waals surface area contributed by atoms with Crippen LogP contribution >= 0.6 is 0 Å². The smallest absolute Gasteiger partial charge is 0.306 e. The average molecular weight is 526 g/mol. The molecule has 1 fully saturated rings. The number of nitrogen functional groups attached to an aromatic ring is 1. The van der Waals surface area contributed by atoms with E-state index in [1.54, 1.807) is 24.3 Å². The van der Waals surface area contributed by atoms with Crippen LogP contribution in [0.2, 0.25) is 0 Å². The van der Waals surface area contributed by atoms with Crippen molar-refractivity contribution in [3.8, 4) is 17.3 Å². The molecule has 0 spiro atoms. The number of aromatic nitrogens is 3. The Kier molecular flexibility index (Phi) is 8.91. The van der Waals surface area contributed by atoms with Gasteiger partial charge in [0.05, 0.1) is 59.1 Å². The largest absolute Gasteiger partial charge is 0.481 e. The molecule has 1 saturated heterocycles. The predicted octanol–water partition coefficient (Wildman–Crippen LogP) is 3.17. The number of carbonyl (C=O) groups is 1. The van der Waals surface area contributed by atoms with E-state index >= 15 is 0 Å². The van der Waals surface area contributed by atoms with Gasteiger partial charge in [-0.3, -0.25) is 19.7 Å². The second kappa shape index (κ2) is 12.7. The SMILES string of the molecule is CC[C@@H](c1cccc(CN=CC(=NN)c2cc(-c3cccc(C#N)c3)nc(N)n2)n1)N1CCC(C(=O)O)CC1. The van der Waals surface area contributed by atoms with Crippen LogP contribution in [0.5, 0.6) is 0 Å². The average Bonchev–Trinajstić information content (AvgIpc) is 2.96. The number of nitrogens with two attached hydrogens (primary N) is 2. The monoisotopic (exact) mass is 525 g/mol. The van der Waals surface area contributed by atoms with Gasteiger partial charge >= 0.3 is 5.97 Å². The van der Waals surface area contributed by atoms with E-state index in [0.29, 0.717) is 42.0 Å². The van der Waals surface area contributed by atoms with Gasteiger partial charge in [-0.2, -0.15) is 10.4 Å². The number of rotatable bonds is 9. The first kappa shape index (κ1) is 27.3. The van der Waals surface area contributed by atoms with Crippen LogP contribution in [0.25, 0.3) is 11.3 Å². The highest BCUT2D eigenvalue weighted by Crippen LogP contribution is 2.28. The van der Waals surface area contributed by atoms with Crippen LogP contribution in [0.1, 0.15) is 54.9 Å². The van der Waals surface area contributed by atoms with E-state index in [9.17, 15) is 15.2 Å². The molecule has 1 aliphatic rings. The minimum Gasteiger partial charge on any atom is -0.481 e. The maximum Gasteiger partial charge on any atom is 0.306 e. The summed E-state index contributed by atoms with van der Waals surface area (Å²) >= 11 is 0. The summed E-state index contributed by atoms with van der Waals surface area (Å²) in [4.78, 5) is 31.5. The zero-order valence-corrected chi connectivity index (χ0v) is 21.7. The van der Waals surface area contributed by atoms with E-state index in [0.717, 1.165) is 36.5 Å². The van der Waals surface area contributed by atoms with Crippen molar-refractivity contribution in [1.29, 1.82) is 5.26 Å². The van der Waals surface area contributed by atoms with Crippen LogP contribution in [0.3, 0.4) is 0 Å². The molecule has 0 radical (unpaired) electrons. The second-order valence-corrected chi connectivity index (χ2v) is 9.30. The van der Waals surface area contributed by atoms with Crippen LogP contribution in [0.15, 0.2) is 58.6 Å². The summed E-state index contributed by atoms with van der Waals surface area (Å²) in [6.07, 6.45) is 3.70. The molecule has 39 heavy (non-hydrogen) atoms. The standard InChI is InChI=1S/C28H31N9O2/c1-2-26(37-11-9-19(10-12-37)27(38)39)22-8-4-7-21(33-22)16-32-17-25(36-31)24-14-23(34-28(30)35-24)20-6-3-5-18(13-20)15-29/h3-8,13-14,17,19,26H,2,9-12,16,31H2,1H3,(H,38,39)(H2,30,34,35)/t26-/m0/s1. The number of nitrogens with zero attached hydrogens (tertiary/aromatic N) is 7. The second-order valence-electron chi connectivity index (χ2n) is 9.30. The van der Waals surface area contributed by atoms with Crippen molar-refractivity contribution < 1.29 is 9.90 Å². The van der Waals surface area contributed by atoms with Gasteiger partial charge in [0.25, 0.3) is 0 Å². The Balaban J connectivity index is 1.47. The van der Waals surface area contributed by atoms with Gasteiger partial charge in [0.2, 0.25) is 5.95 Å². The first-order chi connectivity index (χ1) is 18.9. The van der Waals surface area contributed by atoms with Gasteiger partial charge in [-0.25, -0.2) is 9.97 Å². The molecule has 0 unspecified atom stereocenters. The molecule has 1 aromatic carbocycles. The zero-order chi connectivity index (χ0) is 27.8. The number of benzene rings is 1. The highest BCUT2D eigenvalue weighted by molar-refractivity contribution is 6.37. The highest BCUT2D eigenvalue weighted by atomic mass is 16.4. The topological polar surface area (TPSA) is 180 Å². The Labute approximate surface area is 226 Å². The number of hydrogen-bond acceptors (Lipinski definition) is 10. The minimum atomic E-state index is -0.713. The number of nitriles is 1. The Bertz CT molecular complexity index is 1420. The van der Waals surface area contributed by atoms with E-state index in [1.807, 2.05) is 24.3 Å². The Morgan fingerprint density at radius 1 is 1.21 bits per heavy atom. The van der Waals surface area contributed by atoms with Crippen molar-refractivity contribution in [3.05, 3.63) is 71.2 Å². The highest BCUT2D eigenvalue weighted by Gasteiger charge is 2.29. The number of aliphatic imine (C=N–C) groups is 1. The maximum atomic E-state index is 11.3. The van der Waals surface area contributed by atoms with Crippen LogP contribution in [-0.2, 0) is 11.3 Å². The van der Waals surface area contributed by atoms with Gasteiger partial charge in [0.15, 0.2) is 0 Å². The lowest BCUT2D eigenvalue weighted by atomic mass is 9.94. The fourth-order valence-electron chi connectivity index (χ4n) is 4.77. The third kappa shape index (κ3) is 6.80. The molecule has 3 aromatic rings. The zero-order valence-electron chi connectivity index (χ0n) is 21.7. The maximum absolute atomic E-state index is 11.3. The summed E-state index contributed by atoms with van der Waals surface area (Å²) in [5.74, 6) is 4.72. The van der Waals surface area contributed by atoms with E-state index in [2.05, 4.69) is 38.0 Å². The molecule has 3 heterocycles. The number of pyridine rings is 1. The fraction of sp³-hybridized carbons (Fsp3) is 0.321. The fourth-order valence-corrected chi connectivity index (χ4v) is 4.77. The molecule has 0 amide bonds. The van der Waals surface area contributed by atoms with Gasteiger partial charge in [-0.1, -0.05) is 25.1 Å². The number of piperidine rings is 1. The van der Waals surface area contributed by atoms with Gasteiger partial charge in [-0.15, -0.1) is 0 Å². The summed E-state index contributed by atoms with van der Waals surface area (Å²) < 4.78 is 0. The summed E-state index contributed by atoms with van der Waals surface area (Å²) in [5, 5.41) is 22.3. The summed E-state index contributed by atoms with van der Waals surface area (Å²) in [6.45, 7) is 3.89. The molecule has 0 bridgehead atoms. The molecule has 0 saturated carbocycles. The van der Waals surface area contributed by atoms with Gasteiger partial charge in [0.1, 0.15) is 5.71 Å². The normalized spacial score (nSPS) is 15.7. The molecule has 2 aromatic heterocycles. The number of aliphatic carboxylic acids is 1. The van der Waals surface area contributed by atoms with Crippen molar-refractivity contribution in [2.45, 2.75) is 38.8 Å². The number of carboxylic acid groups (broad SMARTS) is 1. The Hall–Kier alpha value is -4.69. The molecule has 4 rings (SSSR count). The summed E-state index contributed by atoms with van der Waals surface area (Å²) in [6, 6.07) is 16.8. The molecule has 11 nitrogen and oxygen atoms in total. The molecule has 11 heteroatoms. The molecular formula is C28H31N9O2. The molecule has 5 N–H and O–H groups in total. The van der Waals surface area contributed by atoms with Crippen LogP contribution < -0.4 is 11.6 Å². The van der Waals surface area contributed by atoms with Crippen LogP contribution in [0.4, 0.5) is 5.95 Å². The first-order valence-corrected chi connectivity index (χ1v) is 12.8. The molecular weight excluding hydrogens is 494 g/mol. The minimum absolute atomic E-state index is 0.0479. The van der Waals surface area contributed by atoms with E-state index in [-0.39, 0.29) is 17.9 Å². The lowest BCUT2D eigenvalue weighted by Gasteiger charge is -2.35. The summed E-state index contributed by atoms with van der Waals surface area (Å²) in [5.41, 5.74) is 10.2. The van der Waals surface area contributed by atoms with E-state index in [1.165, 1.54) is 6.21 Å². The summed E-state index contributed by atoms with van der Waals surface area (Å²) in [7, 11) is 0. The molecule has 200 valence electrons. The van der Waals surface area contributed by atoms with Crippen molar-refractivity contribution in [2.24, 2.45) is 21.9 Å². The van der Waals surface area contributed by atoms with E-state index < -0.39 is 5.97 Å². The Morgan fingerprint density at radius 2 is 1.97 bits per heavy atom. The Morgan fingerprint density at radius 3 is 2.67 bits per heavy atom. The number of likely N-dealkylation sites (tertiary alicyclic amines) is 1. The van der Waals surface area contributed by atoms with Crippen LogP contribution in [0, 0.1) is 17.2 Å². The molecule has 0 aliphatic carbocycles. The predicted molar refractivity (Wildman–Crippen MR) is 149 cm³/mol. The molecule has 1 atom stereocenters. The van der Waals surface area contributed by atoms with Crippen molar-refractivity contribution in [3.63, 3.8) is 0 Å². The number of anilines is 1. The third-order valence-electron chi connectivity index (χ3n) is 6.78. The molecule has 1 aliphatic heterocycles. The van der Waals surface area contributed by atoms with Crippen LogP contribution in [-0.4, -0.2) is 55.9 Å².